The number of nitrogens with one attached hydrogen (secondary N) is 3. The number of nitrogens with zero attached hydrogens (tertiary/aromatic N) is 2. The minimum atomic E-state index is 0.932. The van der Waals surface area contributed by atoms with Crippen LogP contribution in [0, 0.1) is 6.92 Å². The van der Waals surface area contributed by atoms with Crippen LogP contribution in [0.15, 0.2) is 60.9 Å². The number of aromatic nitrogens is 4. The molecule has 3 N–H and O–H groups in total. The quantitative estimate of drug-likeness (QED) is 0.114. The number of rotatable bonds is 10. The van der Waals surface area contributed by atoms with E-state index < -0.39 is 0 Å². The van der Waals surface area contributed by atoms with Gasteiger partial charge in [-0.1, -0.05) is 75.4 Å². The zero-order valence-corrected chi connectivity index (χ0v) is 24.6. The Morgan fingerprint density at radius 1 is 0.675 bits per heavy atom. The summed E-state index contributed by atoms with van der Waals surface area (Å²) in [7, 11) is 0. The third-order valence-electron chi connectivity index (χ3n) is 7.75. The number of hydrogen-bond acceptors (Lipinski definition) is 5. The van der Waals surface area contributed by atoms with E-state index in [1.807, 2.05) is 42.0 Å². The van der Waals surface area contributed by atoms with Crippen LogP contribution >= 0.6 is 22.7 Å². The summed E-state index contributed by atoms with van der Waals surface area (Å²) in [5.74, 6) is 2.88. The molecule has 0 spiro atoms. The number of fused-ring (bicyclic) bond motifs is 7. The molecule has 0 aliphatic heterocycles. The Morgan fingerprint density at radius 3 is 1.88 bits per heavy atom. The molecule has 0 saturated heterocycles. The van der Waals surface area contributed by atoms with Gasteiger partial charge in [0.25, 0.3) is 0 Å². The Balaban J connectivity index is 1.17. The second-order valence-electron chi connectivity index (χ2n) is 10.7. The molecule has 0 fully saturated rings. The van der Waals surface area contributed by atoms with E-state index in [0.29, 0.717) is 0 Å². The second kappa shape index (κ2) is 10.7. The molecule has 0 saturated carbocycles. The molecule has 0 aliphatic rings. The van der Waals surface area contributed by atoms with Gasteiger partial charge in [-0.05, 0) is 47.0 Å². The number of imidazole rings is 2. The second-order valence-corrected chi connectivity index (χ2v) is 12.8. The van der Waals surface area contributed by atoms with Crippen LogP contribution in [0.3, 0.4) is 0 Å². The van der Waals surface area contributed by atoms with Crippen LogP contribution in [0.1, 0.15) is 51.1 Å². The van der Waals surface area contributed by atoms with Crippen molar-refractivity contribution in [1.29, 1.82) is 0 Å². The Hall–Kier alpha value is -3.68. The summed E-state index contributed by atoms with van der Waals surface area (Å²) < 4.78 is 2.62. The van der Waals surface area contributed by atoms with Crippen molar-refractivity contribution in [3.8, 4) is 21.4 Å². The first-order valence-corrected chi connectivity index (χ1v) is 15.9. The van der Waals surface area contributed by atoms with Gasteiger partial charge in [-0.15, -0.1) is 22.7 Å². The first-order valence-electron chi connectivity index (χ1n) is 14.3. The van der Waals surface area contributed by atoms with Crippen molar-refractivity contribution in [3.05, 3.63) is 66.6 Å². The zero-order valence-electron chi connectivity index (χ0n) is 22.9. The fourth-order valence-electron chi connectivity index (χ4n) is 5.65. The number of hydrogen-bond donors (Lipinski definition) is 3. The van der Waals surface area contributed by atoms with E-state index in [-0.39, 0.29) is 0 Å². The number of benzene rings is 3. The van der Waals surface area contributed by atoms with Crippen LogP contribution < -0.4 is 5.32 Å². The minimum absolute atomic E-state index is 0.932. The predicted octanol–water partition coefficient (Wildman–Crippen LogP) is 10.3. The number of aryl methyl sites for hydroxylation is 1. The molecule has 7 rings (SSSR count). The molecule has 0 unspecified atom stereocenters. The van der Waals surface area contributed by atoms with E-state index in [2.05, 4.69) is 75.7 Å². The molecule has 4 aromatic heterocycles. The van der Waals surface area contributed by atoms with Gasteiger partial charge in [0.15, 0.2) is 0 Å². The van der Waals surface area contributed by atoms with Gasteiger partial charge < -0.3 is 15.3 Å². The first kappa shape index (κ1) is 25.3. The molecule has 0 bridgehead atoms. The van der Waals surface area contributed by atoms with Gasteiger partial charge in [-0.25, -0.2) is 9.97 Å². The van der Waals surface area contributed by atoms with Gasteiger partial charge in [0.05, 0.1) is 16.0 Å². The summed E-state index contributed by atoms with van der Waals surface area (Å²) in [6.45, 7) is 5.29. The average Bonchev–Trinajstić information content (AvgIpc) is 3.77. The third-order valence-corrected chi connectivity index (χ3v) is 10.1. The fourth-order valence-corrected chi connectivity index (χ4v) is 7.93. The van der Waals surface area contributed by atoms with E-state index in [0.717, 1.165) is 29.7 Å². The third kappa shape index (κ3) is 4.67. The summed E-state index contributed by atoms with van der Waals surface area (Å²) in [6.07, 6.45) is 11.6. The Kier molecular flexibility index (Phi) is 6.77. The SMILES string of the molecule is CCCCCCCCNc1cnc(-c2cc3ccc4c5ccc6cc(-c7ncc(C)[nH]7)sc6c5ccc4c3s2)[nH]1. The maximum atomic E-state index is 4.70. The zero-order chi connectivity index (χ0) is 27.1. The minimum Gasteiger partial charge on any atom is -0.370 e. The molecule has 7 heteroatoms. The number of thiophene rings is 2. The average molecular weight is 564 g/mol. The van der Waals surface area contributed by atoms with Crippen molar-refractivity contribution < 1.29 is 0 Å². The normalized spacial score (nSPS) is 11.9. The molecule has 4 heterocycles. The summed E-state index contributed by atoms with van der Waals surface area (Å²) in [4.78, 5) is 18.5. The summed E-state index contributed by atoms with van der Waals surface area (Å²) in [6, 6.07) is 18.2. The van der Waals surface area contributed by atoms with Gasteiger partial charge in [0.1, 0.15) is 17.5 Å². The standard InChI is InChI=1S/C33H33N5S2/c1-3-4-5-6-7-8-15-34-29-19-36-33(38-29)28-17-22-10-12-24-23-11-9-21-16-27(32-35-18-20(2)37-32)39-30(21)25(23)13-14-26(24)31(22)40-28/h9-14,16-19,34H,3-8,15H2,1-2H3,(H,35,37)(H,36,38). The van der Waals surface area contributed by atoms with Gasteiger partial charge in [0.2, 0.25) is 0 Å². The highest BCUT2D eigenvalue weighted by Gasteiger charge is 2.14. The Morgan fingerprint density at radius 2 is 1.25 bits per heavy atom. The maximum Gasteiger partial charge on any atom is 0.149 e. The van der Waals surface area contributed by atoms with E-state index >= 15 is 0 Å². The molecule has 202 valence electrons. The highest BCUT2D eigenvalue weighted by Crippen LogP contribution is 2.42. The Bertz CT molecular complexity index is 1950. The predicted molar refractivity (Wildman–Crippen MR) is 174 cm³/mol. The van der Waals surface area contributed by atoms with Crippen molar-refractivity contribution in [2.24, 2.45) is 0 Å². The highest BCUT2D eigenvalue weighted by atomic mass is 32.1. The molecule has 0 radical (unpaired) electrons. The van der Waals surface area contributed by atoms with E-state index in [1.165, 1.54) is 90.0 Å². The molecule has 0 aliphatic carbocycles. The van der Waals surface area contributed by atoms with E-state index in [4.69, 9.17) is 4.98 Å². The lowest BCUT2D eigenvalue weighted by Crippen LogP contribution is -2.01. The Labute approximate surface area is 241 Å². The maximum absolute atomic E-state index is 4.70. The summed E-state index contributed by atoms with van der Waals surface area (Å²) in [5.41, 5.74) is 1.08. The van der Waals surface area contributed by atoms with Crippen LogP contribution in [-0.2, 0) is 0 Å². The van der Waals surface area contributed by atoms with Gasteiger partial charge in [-0.2, -0.15) is 0 Å². The number of H-pyrrole nitrogens is 2. The van der Waals surface area contributed by atoms with Crippen molar-refractivity contribution in [2.45, 2.75) is 52.4 Å². The number of anilines is 1. The molecule has 5 nitrogen and oxygen atoms in total. The van der Waals surface area contributed by atoms with Crippen LogP contribution in [-0.4, -0.2) is 26.5 Å². The molecule has 7 aromatic rings. The van der Waals surface area contributed by atoms with Crippen LogP contribution in [0.4, 0.5) is 5.82 Å². The smallest absolute Gasteiger partial charge is 0.149 e. The van der Waals surface area contributed by atoms with Gasteiger partial charge >= 0.3 is 0 Å². The van der Waals surface area contributed by atoms with Crippen molar-refractivity contribution in [1.82, 2.24) is 19.9 Å². The van der Waals surface area contributed by atoms with Crippen LogP contribution in [0.5, 0.6) is 0 Å². The lowest BCUT2D eigenvalue weighted by Gasteiger charge is -2.06. The highest BCUT2D eigenvalue weighted by molar-refractivity contribution is 7.23. The van der Waals surface area contributed by atoms with Crippen molar-refractivity contribution in [2.75, 3.05) is 11.9 Å². The van der Waals surface area contributed by atoms with Crippen LogP contribution in [0.2, 0.25) is 0 Å². The largest absolute Gasteiger partial charge is 0.370 e. The van der Waals surface area contributed by atoms with Crippen molar-refractivity contribution in [3.63, 3.8) is 0 Å². The molecule has 0 amide bonds. The molecular formula is C33H33N5S2. The van der Waals surface area contributed by atoms with Gasteiger partial charge in [0, 0.05) is 38.6 Å². The van der Waals surface area contributed by atoms with Crippen LogP contribution in [0.25, 0.3) is 63.1 Å². The van der Waals surface area contributed by atoms with Gasteiger partial charge in [-0.3, -0.25) is 0 Å². The lowest BCUT2D eigenvalue weighted by molar-refractivity contribution is 0.617. The van der Waals surface area contributed by atoms with Crippen molar-refractivity contribution >= 4 is 70.2 Å². The molecule has 40 heavy (non-hydrogen) atoms. The first-order chi connectivity index (χ1) is 19.7. The summed E-state index contributed by atoms with van der Waals surface area (Å²) in [5, 5.41) is 11.2. The fraction of sp³-hybridized carbons (Fsp3) is 0.273. The van der Waals surface area contributed by atoms with E-state index in [9.17, 15) is 0 Å². The molecule has 3 aromatic carbocycles. The summed E-state index contributed by atoms with van der Waals surface area (Å²) >= 11 is 3.63. The topological polar surface area (TPSA) is 69.4 Å². The number of unbranched alkanes of at least 4 members (excludes halogenated alkanes) is 5. The van der Waals surface area contributed by atoms with E-state index in [1.54, 1.807) is 0 Å². The monoisotopic (exact) mass is 563 g/mol. The number of aromatic amines is 2. The molecule has 0 atom stereocenters. The molecular weight excluding hydrogens is 531 g/mol. The lowest BCUT2D eigenvalue weighted by atomic mass is 10.00.